The summed E-state index contributed by atoms with van der Waals surface area (Å²) in [4.78, 5) is 20.0. The minimum Gasteiger partial charge on any atom is -0.347 e. The summed E-state index contributed by atoms with van der Waals surface area (Å²) in [6.07, 6.45) is 11.2. The van der Waals surface area contributed by atoms with Crippen LogP contribution in [-0.4, -0.2) is 34.0 Å². The van der Waals surface area contributed by atoms with Gasteiger partial charge in [-0.25, -0.2) is 19.9 Å². The van der Waals surface area contributed by atoms with Gasteiger partial charge in [0.1, 0.15) is 5.82 Å². The van der Waals surface area contributed by atoms with Gasteiger partial charge in [0.15, 0.2) is 0 Å². The summed E-state index contributed by atoms with van der Waals surface area (Å²) < 4.78 is 0. The Kier molecular flexibility index (Phi) is 5.35. The molecule has 6 heteroatoms. The molecule has 24 heavy (non-hydrogen) atoms. The Balaban J connectivity index is 1.66. The summed E-state index contributed by atoms with van der Waals surface area (Å²) in [6.45, 7) is 2.91. The first-order chi connectivity index (χ1) is 11.7. The number of nitrogens with zero attached hydrogens (tertiary/aromatic N) is 5. The molecule has 0 unspecified atom stereocenters. The maximum absolute atomic E-state index is 4.70. The summed E-state index contributed by atoms with van der Waals surface area (Å²) >= 11 is 0. The van der Waals surface area contributed by atoms with E-state index < -0.39 is 0 Å². The number of aryl methyl sites for hydroxylation is 2. The van der Waals surface area contributed by atoms with Crippen LogP contribution in [0.15, 0.2) is 18.6 Å². The van der Waals surface area contributed by atoms with E-state index in [1.807, 2.05) is 37.6 Å². The van der Waals surface area contributed by atoms with Crippen molar-refractivity contribution in [2.75, 3.05) is 19.0 Å². The number of nitrogens with one attached hydrogen (secondary N) is 1. The van der Waals surface area contributed by atoms with Gasteiger partial charge >= 0.3 is 0 Å². The Labute approximate surface area is 143 Å². The van der Waals surface area contributed by atoms with Gasteiger partial charge in [-0.15, -0.1) is 0 Å². The summed E-state index contributed by atoms with van der Waals surface area (Å²) in [5, 5.41) is 3.62. The predicted molar refractivity (Wildman–Crippen MR) is 94.9 cm³/mol. The number of hydrogen-bond donors (Lipinski definition) is 1. The summed E-state index contributed by atoms with van der Waals surface area (Å²) in [5.41, 5.74) is 3.52. The maximum atomic E-state index is 4.70. The van der Waals surface area contributed by atoms with E-state index in [9.17, 15) is 0 Å². The third-order valence-electron chi connectivity index (χ3n) is 4.35. The normalized spacial score (nSPS) is 16.7. The third-order valence-corrected chi connectivity index (χ3v) is 4.35. The molecule has 2 aromatic rings. The second-order valence-corrected chi connectivity index (χ2v) is 6.55. The van der Waals surface area contributed by atoms with Crippen LogP contribution >= 0.6 is 0 Å². The van der Waals surface area contributed by atoms with Crippen molar-refractivity contribution in [3.63, 3.8) is 0 Å². The smallest absolute Gasteiger partial charge is 0.225 e. The second-order valence-electron chi connectivity index (χ2n) is 6.55. The average molecular weight is 326 g/mol. The van der Waals surface area contributed by atoms with Crippen molar-refractivity contribution in [2.24, 2.45) is 0 Å². The van der Waals surface area contributed by atoms with Crippen molar-refractivity contribution in [2.45, 2.75) is 51.6 Å². The van der Waals surface area contributed by atoms with Gasteiger partial charge in [0, 0.05) is 62.8 Å². The minimum absolute atomic E-state index is 0.306. The van der Waals surface area contributed by atoms with Crippen LogP contribution in [0.4, 0.5) is 5.95 Å². The molecule has 2 heterocycles. The van der Waals surface area contributed by atoms with E-state index in [1.165, 1.54) is 11.3 Å². The third kappa shape index (κ3) is 3.87. The van der Waals surface area contributed by atoms with Gasteiger partial charge in [0.25, 0.3) is 0 Å². The number of fused-ring (bicyclic) bond motifs is 1. The molecule has 0 bridgehead atoms. The van der Waals surface area contributed by atoms with E-state index in [2.05, 4.69) is 27.2 Å². The topological polar surface area (TPSA) is 66.8 Å². The molecule has 128 valence electrons. The molecule has 0 saturated heterocycles. The molecule has 1 aliphatic carbocycles. The van der Waals surface area contributed by atoms with E-state index in [1.54, 1.807) is 0 Å². The van der Waals surface area contributed by atoms with Crippen LogP contribution in [0.5, 0.6) is 0 Å². The zero-order valence-corrected chi connectivity index (χ0v) is 14.8. The SMILES string of the molecule is CCCc1ncc(CN[C@H]2CCCc3nc(N(C)C)ncc32)cn1. The maximum Gasteiger partial charge on any atom is 0.225 e. The van der Waals surface area contributed by atoms with Gasteiger partial charge in [0.05, 0.1) is 5.69 Å². The molecule has 3 rings (SSSR count). The Morgan fingerprint density at radius 2 is 1.96 bits per heavy atom. The zero-order chi connectivity index (χ0) is 16.9. The van der Waals surface area contributed by atoms with Crippen molar-refractivity contribution in [3.8, 4) is 0 Å². The van der Waals surface area contributed by atoms with E-state index in [0.29, 0.717) is 6.04 Å². The van der Waals surface area contributed by atoms with Crippen LogP contribution in [0.2, 0.25) is 0 Å². The second kappa shape index (κ2) is 7.66. The first kappa shape index (κ1) is 16.8. The van der Waals surface area contributed by atoms with Crippen molar-refractivity contribution in [1.29, 1.82) is 0 Å². The standard InChI is InChI=1S/C18H26N6/c1-4-6-17-20-10-13(11-21-17)9-19-15-7-5-8-16-14(15)12-22-18(23-16)24(2)3/h10-12,15,19H,4-9H2,1-3H3/t15-/m0/s1. The van der Waals surface area contributed by atoms with Crippen molar-refractivity contribution < 1.29 is 0 Å². The van der Waals surface area contributed by atoms with Crippen molar-refractivity contribution in [1.82, 2.24) is 25.3 Å². The summed E-state index contributed by atoms with van der Waals surface area (Å²) in [7, 11) is 3.95. The molecule has 6 nitrogen and oxygen atoms in total. The summed E-state index contributed by atoms with van der Waals surface area (Å²) in [5.74, 6) is 1.71. The lowest BCUT2D eigenvalue weighted by molar-refractivity contribution is 0.451. The Morgan fingerprint density at radius 3 is 2.67 bits per heavy atom. The average Bonchev–Trinajstić information content (AvgIpc) is 2.61. The van der Waals surface area contributed by atoms with Crippen LogP contribution in [0, 0.1) is 0 Å². The molecule has 1 N–H and O–H groups in total. The fraction of sp³-hybridized carbons (Fsp3) is 0.556. The molecule has 0 fully saturated rings. The molecule has 1 atom stereocenters. The lowest BCUT2D eigenvalue weighted by atomic mass is 9.92. The Bertz CT molecular complexity index is 668. The van der Waals surface area contributed by atoms with Crippen LogP contribution < -0.4 is 10.2 Å². The van der Waals surface area contributed by atoms with Gasteiger partial charge in [-0.3, -0.25) is 0 Å². The highest BCUT2D eigenvalue weighted by Gasteiger charge is 2.22. The largest absolute Gasteiger partial charge is 0.347 e. The quantitative estimate of drug-likeness (QED) is 0.879. The van der Waals surface area contributed by atoms with E-state index in [4.69, 9.17) is 4.98 Å². The first-order valence-corrected chi connectivity index (χ1v) is 8.73. The van der Waals surface area contributed by atoms with Gasteiger partial charge in [0.2, 0.25) is 5.95 Å². The van der Waals surface area contributed by atoms with Crippen LogP contribution in [0.25, 0.3) is 0 Å². The van der Waals surface area contributed by atoms with Gasteiger partial charge in [-0.05, 0) is 25.7 Å². The molecular formula is C18H26N6. The Morgan fingerprint density at radius 1 is 1.17 bits per heavy atom. The zero-order valence-electron chi connectivity index (χ0n) is 14.8. The molecule has 0 aliphatic heterocycles. The van der Waals surface area contributed by atoms with Crippen LogP contribution in [0.1, 0.15) is 54.9 Å². The molecule has 0 saturated carbocycles. The van der Waals surface area contributed by atoms with E-state index in [0.717, 1.165) is 56.0 Å². The molecular weight excluding hydrogens is 300 g/mol. The number of aromatic nitrogens is 4. The molecule has 2 aromatic heterocycles. The highest BCUT2D eigenvalue weighted by Crippen LogP contribution is 2.29. The van der Waals surface area contributed by atoms with Crippen molar-refractivity contribution in [3.05, 3.63) is 41.2 Å². The first-order valence-electron chi connectivity index (χ1n) is 8.73. The number of rotatable bonds is 6. The monoisotopic (exact) mass is 326 g/mol. The Hall–Kier alpha value is -2.08. The van der Waals surface area contributed by atoms with Gasteiger partial charge in [-0.2, -0.15) is 0 Å². The van der Waals surface area contributed by atoms with E-state index >= 15 is 0 Å². The molecule has 0 spiro atoms. The number of hydrogen-bond acceptors (Lipinski definition) is 6. The molecule has 0 amide bonds. The van der Waals surface area contributed by atoms with Gasteiger partial charge in [-0.1, -0.05) is 6.92 Å². The van der Waals surface area contributed by atoms with Crippen LogP contribution in [-0.2, 0) is 19.4 Å². The molecule has 0 aromatic carbocycles. The summed E-state index contributed by atoms with van der Waals surface area (Å²) in [6, 6.07) is 0.306. The lowest BCUT2D eigenvalue weighted by Gasteiger charge is -2.26. The van der Waals surface area contributed by atoms with Crippen LogP contribution in [0.3, 0.4) is 0 Å². The fourth-order valence-corrected chi connectivity index (χ4v) is 3.03. The minimum atomic E-state index is 0.306. The fourth-order valence-electron chi connectivity index (χ4n) is 3.03. The lowest BCUT2D eigenvalue weighted by Crippen LogP contribution is -2.26. The highest BCUT2D eigenvalue weighted by molar-refractivity contribution is 5.34. The van der Waals surface area contributed by atoms with Gasteiger partial charge < -0.3 is 10.2 Å². The predicted octanol–water partition coefficient (Wildman–Crippen LogP) is 2.45. The molecule has 0 radical (unpaired) electrons. The van der Waals surface area contributed by atoms with E-state index in [-0.39, 0.29) is 0 Å². The number of anilines is 1. The highest BCUT2D eigenvalue weighted by atomic mass is 15.2. The van der Waals surface area contributed by atoms with Crippen molar-refractivity contribution >= 4 is 5.95 Å². The molecule has 1 aliphatic rings.